The highest BCUT2D eigenvalue weighted by Gasteiger charge is 2.16. The summed E-state index contributed by atoms with van der Waals surface area (Å²) in [5, 5.41) is 3.62. The van der Waals surface area contributed by atoms with E-state index in [-0.39, 0.29) is 11.4 Å². The Morgan fingerprint density at radius 2 is 1.94 bits per heavy atom. The van der Waals surface area contributed by atoms with Gasteiger partial charge in [-0.15, -0.1) is 0 Å². The Kier molecular flexibility index (Phi) is 5.20. The summed E-state index contributed by atoms with van der Waals surface area (Å²) in [4.78, 5) is 11.8. The highest BCUT2D eigenvalue weighted by Crippen LogP contribution is 2.28. The van der Waals surface area contributed by atoms with E-state index in [2.05, 4.69) is 18.1 Å². The Morgan fingerprint density at radius 1 is 1.33 bits per heavy atom. The van der Waals surface area contributed by atoms with Gasteiger partial charge in [-0.1, -0.05) is 56.8 Å². The first-order chi connectivity index (χ1) is 8.20. The van der Waals surface area contributed by atoms with Crippen LogP contribution >= 0.6 is 36.0 Å². The van der Waals surface area contributed by atoms with Crippen molar-refractivity contribution in [2.24, 2.45) is 5.41 Å². The number of benzene rings is 1. The van der Waals surface area contributed by atoms with Crippen LogP contribution in [-0.4, -0.2) is 12.6 Å². The van der Waals surface area contributed by atoms with E-state index in [1.165, 1.54) is 4.31 Å². The summed E-state index contributed by atoms with van der Waals surface area (Å²) in [5.74, 6) is 0. The molecular formula is C12H16Cl2N2OS. The van der Waals surface area contributed by atoms with Crippen LogP contribution in [0, 0.1) is 5.41 Å². The molecule has 0 saturated heterocycles. The number of urea groups is 1. The van der Waals surface area contributed by atoms with Gasteiger partial charge in [0.25, 0.3) is 0 Å². The zero-order valence-electron chi connectivity index (χ0n) is 10.5. The summed E-state index contributed by atoms with van der Waals surface area (Å²) in [5.41, 5.74) is 0.584. The third-order valence-corrected chi connectivity index (χ3v) is 3.26. The number of carbonyl (C=O) groups excluding carboxylic acids is 1. The van der Waals surface area contributed by atoms with E-state index in [1.807, 2.05) is 20.8 Å². The largest absolute Gasteiger partial charge is 0.336 e. The zero-order valence-corrected chi connectivity index (χ0v) is 12.9. The van der Waals surface area contributed by atoms with E-state index in [9.17, 15) is 4.79 Å². The third kappa shape index (κ3) is 4.59. The van der Waals surface area contributed by atoms with Crippen LogP contribution in [0.15, 0.2) is 18.2 Å². The van der Waals surface area contributed by atoms with Gasteiger partial charge in [0, 0.05) is 6.54 Å². The number of nitrogens with one attached hydrogen (secondary N) is 1. The first-order valence-electron chi connectivity index (χ1n) is 5.42. The fraction of sp³-hybridized carbons (Fsp3) is 0.417. The van der Waals surface area contributed by atoms with Gasteiger partial charge in [-0.2, -0.15) is 0 Å². The Morgan fingerprint density at radius 3 is 2.44 bits per heavy atom. The van der Waals surface area contributed by atoms with Crippen molar-refractivity contribution in [1.29, 1.82) is 0 Å². The van der Waals surface area contributed by atoms with E-state index in [0.717, 1.165) is 0 Å². The minimum Gasteiger partial charge on any atom is -0.336 e. The van der Waals surface area contributed by atoms with Gasteiger partial charge in [0.1, 0.15) is 0 Å². The predicted octanol–water partition coefficient (Wildman–Crippen LogP) is 4.40. The molecule has 0 radical (unpaired) electrons. The lowest BCUT2D eigenvalue weighted by atomic mass is 9.97. The molecule has 6 heteroatoms. The highest BCUT2D eigenvalue weighted by molar-refractivity contribution is 7.82. The summed E-state index contributed by atoms with van der Waals surface area (Å²) < 4.78 is 1.20. The number of nitrogens with zero attached hydrogens (tertiary/aromatic N) is 1. The van der Waals surface area contributed by atoms with Gasteiger partial charge in [-0.25, -0.2) is 9.10 Å². The molecule has 0 spiro atoms. The van der Waals surface area contributed by atoms with Crippen LogP contribution in [0.25, 0.3) is 0 Å². The maximum absolute atomic E-state index is 11.8. The maximum Gasteiger partial charge on any atom is 0.331 e. The van der Waals surface area contributed by atoms with Crippen molar-refractivity contribution in [2.45, 2.75) is 20.8 Å². The molecule has 0 unspecified atom stereocenters. The lowest BCUT2D eigenvalue weighted by Gasteiger charge is -2.22. The summed E-state index contributed by atoms with van der Waals surface area (Å²) in [6, 6.07) is 4.59. The number of hydrogen-bond acceptors (Lipinski definition) is 2. The number of anilines is 1. The van der Waals surface area contributed by atoms with Crippen molar-refractivity contribution >= 4 is 47.7 Å². The van der Waals surface area contributed by atoms with Crippen molar-refractivity contribution in [1.82, 2.24) is 5.32 Å². The first kappa shape index (κ1) is 15.5. The van der Waals surface area contributed by atoms with E-state index >= 15 is 0 Å². The molecule has 1 rings (SSSR count). The van der Waals surface area contributed by atoms with Crippen molar-refractivity contribution < 1.29 is 4.79 Å². The second-order valence-corrected chi connectivity index (χ2v) is 6.34. The number of hydrogen-bond donors (Lipinski definition) is 2. The summed E-state index contributed by atoms with van der Waals surface area (Å²) in [6.07, 6.45) is 0. The minimum absolute atomic E-state index is 0.0158. The van der Waals surface area contributed by atoms with Crippen molar-refractivity contribution in [3.63, 3.8) is 0 Å². The van der Waals surface area contributed by atoms with Crippen LogP contribution in [0.3, 0.4) is 0 Å². The fourth-order valence-corrected chi connectivity index (χ4v) is 1.64. The van der Waals surface area contributed by atoms with Gasteiger partial charge >= 0.3 is 6.03 Å². The number of amides is 2. The molecule has 3 nitrogen and oxygen atoms in total. The van der Waals surface area contributed by atoms with Crippen molar-refractivity contribution in [2.75, 3.05) is 10.8 Å². The van der Waals surface area contributed by atoms with Gasteiger partial charge in [-0.05, 0) is 23.6 Å². The molecule has 0 aromatic heterocycles. The number of carbonyl (C=O) groups is 1. The van der Waals surface area contributed by atoms with E-state index < -0.39 is 0 Å². The van der Waals surface area contributed by atoms with Gasteiger partial charge < -0.3 is 5.32 Å². The lowest BCUT2D eigenvalue weighted by Crippen LogP contribution is -2.38. The Hall–Kier alpha value is -0.580. The van der Waals surface area contributed by atoms with E-state index in [1.54, 1.807) is 18.2 Å². The van der Waals surface area contributed by atoms with Crippen molar-refractivity contribution in [3.8, 4) is 0 Å². The van der Waals surface area contributed by atoms with Crippen LogP contribution in [-0.2, 0) is 0 Å². The molecule has 0 aliphatic carbocycles. The molecule has 1 aromatic rings. The number of halogens is 2. The molecule has 100 valence electrons. The maximum atomic E-state index is 11.8. The van der Waals surface area contributed by atoms with Gasteiger partial charge in [0.15, 0.2) is 0 Å². The second kappa shape index (κ2) is 6.04. The van der Waals surface area contributed by atoms with Crippen LogP contribution in [0.5, 0.6) is 0 Å². The Balaban J connectivity index is 2.71. The summed E-state index contributed by atoms with van der Waals surface area (Å²) in [7, 11) is 0. The van der Waals surface area contributed by atoms with Crippen LogP contribution in [0.1, 0.15) is 20.8 Å². The lowest BCUT2D eigenvalue weighted by molar-refractivity contribution is 0.244. The molecule has 0 bridgehead atoms. The molecule has 0 fully saturated rings. The van der Waals surface area contributed by atoms with E-state index in [4.69, 9.17) is 23.2 Å². The average molecular weight is 307 g/mol. The fourth-order valence-electron chi connectivity index (χ4n) is 1.15. The molecule has 0 aliphatic heterocycles. The second-order valence-electron chi connectivity index (χ2n) is 5.13. The minimum atomic E-state index is -0.299. The molecule has 0 atom stereocenters. The monoisotopic (exact) mass is 306 g/mol. The van der Waals surface area contributed by atoms with Crippen LogP contribution in [0.2, 0.25) is 10.0 Å². The van der Waals surface area contributed by atoms with Gasteiger partial charge in [0.2, 0.25) is 0 Å². The zero-order chi connectivity index (χ0) is 13.9. The molecule has 2 amide bonds. The van der Waals surface area contributed by atoms with Crippen molar-refractivity contribution in [3.05, 3.63) is 28.2 Å². The molecule has 1 N–H and O–H groups in total. The van der Waals surface area contributed by atoms with E-state index in [0.29, 0.717) is 22.3 Å². The van der Waals surface area contributed by atoms with Crippen LogP contribution in [0.4, 0.5) is 10.5 Å². The molecular weight excluding hydrogens is 291 g/mol. The third-order valence-electron chi connectivity index (χ3n) is 2.11. The predicted molar refractivity (Wildman–Crippen MR) is 80.8 cm³/mol. The molecule has 0 aliphatic rings. The smallest absolute Gasteiger partial charge is 0.331 e. The van der Waals surface area contributed by atoms with Gasteiger partial charge in [-0.3, -0.25) is 0 Å². The topological polar surface area (TPSA) is 32.3 Å². The highest BCUT2D eigenvalue weighted by atomic mass is 35.5. The molecule has 0 heterocycles. The SMILES string of the molecule is CC(C)(C)CNC(=O)N(S)c1ccc(Cl)c(Cl)c1. The quantitative estimate of drug-likeness (QED) is 0.780. The standard InChI is InChI=1S/C12H16Cl2N2OS/c1-12(2,3)7-15-11(17)16(18)8-4-5-9(13)10(14)6-8/h4-6,18H,7H2,1-3H3,(H,15,17). The first-order valence-corrected chi connectivity index (χ1v) is 6.58. The molecule has 18 heavy (non-hydrogen) atoms. The summed E-state index contributed by atoms with van der Waals surface area (Å²) >= 11 is 15.8. The number of rotatable bonds is 2. The van der Waals surface area contributed by atoms with Crippen LogP contribution < -0.4 is 9.62 Å². The Bertz CT molecular complexity index is 446. The van der Waals surface area contributed by atoms with Gasteiger partial charge in [0.05, 0.1) is 15.7 Å². The summed E-state index contributed by atoms with van der Waals surface area (Å²) in [6.45, 7) is 6.67. The average Bonchev–Trinajstić information content (AvgIpc) is 2.27. The normalized spacial score (nSPS) is 11.2. The number of thiol groups is 1. The Labute approximate surface area is 123 Å². The molecule has 0 saturated carbocycles. The molecule has 1 aromatic carbocycles.